The Morgan fingerprint density at radius 1 is 1.33 bits per heavy atom. The van der Waals surface area contributed by atoms with Gasteiger partial charge in [-0.1, -0.05) is 15.9 Å². The van der Waals surface area contributed by atoms with Crippen molar-refractivity contribution in [3.8, 4) is 0 Å². The molecule has 4 heteroatoms. The van der Waals surface area contributed by atoms with Crippen LogP contribution in [-0.4, -0.2) is 0 Å². The molecule has 0 N–H and O–H groups in total. The van der Waals surface area contributed by atoms with E-state index in [1.54, 1.807) is 0 Å². The Bertz CT molecular complexity index is 273. The fourth-order valence-corrected chi connectivity index (χ4v) is 1.53. The molecule has 0 aliphatic heterocycles. The van der Waals surface area contributed by atoms with Gasteiger partial charge in [-0.05, 0) is 24.6 Å². The molecule has 0 heterocycles. The molecule has 1 aromatic rings. The fraction of sp³-hybridized carbons (Fsp3) is 0.250. The first kappa shape index (κ1) is 9.58. The summed E-state index contributed by atoms with van der Waals surface area (Å²) in [5, 5.41) is 0. The smallest absolute Gasteiger partial charge is 0.206 e. The Labute approximate surface area is 76.5 Å². The largest absolute Gasteiger partial charge is 0.266 e. The van der Waals surface area contributed by atoms with Gasteiger partial charge in [-0.2, -0.15) is 0 Å². The molecule has 0 amide bonds. The van der Waals surface area contributed by atoms with Crippen molar-refractivity contribution < 1.29 is 13.2 Å². The number of hydrogen-bond donors (Lipinski definition) is 0. The maximum Gasteiger partial charge on any atom is 0.266 e. The van der Waals surface area contributed by atoms with Crippen LogP contribution in [0.25, 0.3) is 0 Å². The molecule has 1 rings (SSSR count). The minimum atomic E-state index is -2.75. The lowest BCUT2D eigenvalue weighted by Crippen LogP contribution is -1.94. The minimum Gasteiger partial charge on any atom is -0.206 e. The van der Waals surface area contributed by atoms with Gasteiger partial charge in [0.15, 0.2) is 0 Å². The van der Waals surface area contributed by atoms with Crippen molar-refractivity contribution in [2.24, 2.45) is 0 Å². The third-order valence-corrected chi connectivity index (χ3v) is 1.98. The summed E-state index contributed by atoms with van der Waals surface area (Å²) in [5.41, 5.74) is -0.255. The quantitative estimate of drug-likeness (QED) is 0.698. The number of hydrogen-bond acceptors (Lipinski definition) is 0. The molecule has 0 bridgehead atoms. The van der Waals surface area contributed by atoms with Crippen molar-refractivity contribution in [3.63, 3.8) is 0 Å². The molecular weight excluding hydrogens is 233 g/mol. The summed E-state index contributed by atoms with van der Waals surface area (Å²) in [6.07, 6.45) is -2.75. The number of benzene rings is 1. The van der Waals surface area contributed by atoms with Crippen LogP contribution in [0, 0.1) is 12.7 Å². The highest BCUT2D eigenvalue weighted by molar-refractivity contribution is 9.10. The molecule has 0 saturated carbocycles. The van der Waals surface area contributed by atoms with E-state index < -0.39 is 17.8 Å². The molecular formula is C8H6BrF3. The van der Waals surface area contributed by atoms with Gasteiger partial charge in [0, 0.05) is 4.47 Å². The molecule has 0 spiro atoms. The minimum absolute atomic E-state index is 0.261. The lowest BCUT2D eigenvalue weighted by Gasteiger charge is -2.05. The van der Waals surface area contributed by atoms with Crippen LogP contribution in [0.5, 0.6) is 0 Å². The Hall–Kier alpha value is -0.510. The maximum absolute atomic E-state index is 12.9. The molecule has 0 nitrogen and oxygen atoms in total. The normalized spacial score (nSPS) is 10.8. The molecule has 0 atom stereocenters. The van der Waals surface area contributed by atoms with Crippen LogP contribution in [0.3, 0.4) is 0 Å². The topological polar surface area (TPSA) is 0 Å². The molecule has 1 aromatic carbocycles. The Morgan fingerprint density at radius 2 is 1.92 bits per heavy atom. The SMILES string of the molecule is Cc1cc(Br)cc(F)c1C(F)F. The highest BCUT2D eigenvalue weighted by Crippen LogP contribution is 2.28. The van der Waals surface area contributed by atoms with Gasteiger partial charge in [0.1, 0.15) is 5.82 Å². The molecule has 0 saturated heterocycles. The Morgan fingerprint density at radius 3 is 2.33 bits per heavy atom. The van der Waals surface area contributed by atoms with Crippen molar-refractivity contribution in [2.75, 3.05) is 0 Å². The van der Waals surface area contributed by atoms with E-state index in [2.05, 4.69) is 15.9 Å². The van der Waals surface area contributed by atoms with Crippen molar-refractivity contribution in [3.05, 3.63) is 33.5 Å². The van der Waals surface area contributed by atoms with Crippen molar-refractivity contribution in [1.82, 2.24) is 0 Å². The first-order valence-corrected chi connectivity index (χ1v) is 4.05. The summed E-state index contributed by atoms with van der Waals surface area (Å²) in [6, 6.07) is 2.50. The number of aryl methyl sites for hydroxylation is 1. The Balaban J connectivity index is 3.28. The van der Waals surface area contributed by atoms with Crippen molar-refractivity contribution in [1.29, 1.82) is 0 Å². The summed E-state index contributed by atoms with van der Waals surface area (Å²) < 4.78 is 37.7. The van der Waals surface area contributed by atoms with Crippen molar-refractivity contribution >= 4 is 15.9 Å². The van der Waals surface area contributed by atoms with Gasteiger partial charge in [-0.25, -0.2) is 13.2 Å². The molecule has 66 valence electrons. The fourth-order valence-electron chi connectivity index (χ4n) is 0.990. The van der Waals surface area contributed by atoms with E-state index >= 15 is 0 Å². The predicted molar refractivity (Wildman–Crippen MR) is 43.8 cm³/mol. The third-order valence-electron chi connectivity index (χ3n) is 1.52. The van der Waals surface area contributed by atoms with Crippen LogP contribution < -0.4 is 0 Å². The van der Waals surface area contributed by atoms with Crippen LogP contribution in [0.2, 0.25) is 0 Å². The monoisotopic (exact) mass is 238 g/mol. The predicted octanol–water partition coefficient (Wildman–Crippen LogP) is 3.83. The Kier molecular flexibility index (Phi) is 2.77. The maximum atomic E-state index is 12.9. The molecule has 0 radical (unpaired) electrons. The summed E-state index contributed by atoms with van der Waals surface area (Å²) in [5.74, 6) is -0.864. The van der Waals surface area contributed by atoms with E-state index in [1.165, 1.54) is 13.0 Å². The summed E-state index contributed by atoms with van der Waals surface area (Å²) in [7, 11) is 0. The number of halogens is 4. The molecule has 0 aliphatic carbocycles. The number of rotatable bonds is 1. The molecule has 0 unspecified atom stereocenters. The lowest BCUT2D eigenvalue weighted by atomic mass is 10.1. The van der Waals surface area contributed by atoms with E-state index in [-0.39, 0.29) is 5.56 Å². The van der Waals surface area contributed by atoms with E-state index in [1.807, 2.05) is 0 Å². The van der Waals surface area contributed by atoms with Crippen LogP contribution in [0.15, 0.2) is 16.6 Å². The van der Waals surface area contributed by atoms with Gasteiger partial charge in [-0.15, -0.1) is 0 Å². The van der Waals surface area contributed by atoms with Crippen LogP contribution in [0.1, 0.15) is 17.6 Å². The molecule has 0 aromatic heterocycles. The van der Waals surface area contributed by atoms with Crippen molar-refractivity contribution in [2.45, 2.75) is 13.3 Å². The zero-order valence-corrected chi connectivity index (χ0v) is 7.83. The highest BCUT2D eigenvalue weighted by Gasteiger charge is 2.16. The summed E-state index contributed by atoms with van der Waals surface area (Å²) in [6.45, 7) is 1.45. The second-order valence-corrected chi connectivity index (χ2v) is 3.33. The van der Waals surface area contributed by atoms with Crippen LogP contribution >= 0.6 is 15.9 Å². The second-order valence-electron chi connectivity index (χ2n) is 2.42. The lowest BCUT2D eigenvalue weighted by molar-refractivity contribution is 0.145. The highest BCUT2D eigenvalue weighted by atomic mass is 79.9. The molecule has 12 heavy (non-hydrogen) atoms. The van der Waals surface area contributed by atoms with Crippen LogP contribution in [0.4, 0.5) is 13.2 Å². The van der Waals surface area contributed by atoms with Gasteiger partial charge in [0.2, 0.25) is 0 Å². The molecule has 0 aliphatic rings. The number of alkyl halides is 2. The van der Waals surface area contributed by atoms with Crippen LogP contribution in [-0.2, 0) is 0 Å². The second kappa shape index (κ2) is 3.47. The van der Waals surface area contributed by atoms with E-state index in [4.69, 9.17) is 0 Å². The summed E-state index contributed by atoms with van der Waals surface area (Å²) >= 11 is 3.01. The van der Waals surface area contributed by atoms with E-state index in [0.29, 0.717) is 4.47 Å². The standard InChI is InChI=1S/C8H6BrF3/c1-4-2-5(9)3-6(10)7(4)8(11)12/h2-3,8H,1H3. The first-order chi connectivity index (χ1) is 5.52. The van der Waals surface area contributed by atoms with E-state index in [0.717, 1.165) is 6.07 Å². The average molecular weight is 239 g/mol. The van der Waals surface area contributed by atoms with E-state index in [9.17, 15) is 13.2 Å². The average Bonchev–Trinajstić information content (AvgIpc) is 1.82. The van der Waals surface area contributed by atoms with Gasteiger partial charge in [0.25, 0.3) is 6.43 Å². The zero-order chi connectivity index (χ0) is 9.30. The zero-order valence-electron chi connectivity index (χ0n) is 6.24. The summed E-state index contributed by atoms with van der Waals surface area (Å²) in [4.78, 5) is 0. The third kappa shape index (κ3) is 1.80. The first-order valence-electron chi connectivity index (χ1n) is 3.26. The van der Waals surface area contributed by atoms with Gasteiger partial charge in [-0.3, -0.25) is 0 Å². The van der Waals surface area contributed by atoms with Gasteiger partial charge in [0.05, 0.1) is 5.56 Å². The van der Waals surface area contributed by atoms with Gasteiger partial charge < -0.3 is 0 Å². The van der Waals surface area contributed by atoms with Gasteiger partial charge >= 0.3 is 0 Å². The molecule has 0 fully saturated rings.